The molecule has 0 bridgehead atoms. The van der Waals surface area contributed by atoms with Gasteiger partial charge in [-0.25, -0.2) is 12.8 Å². The molecule has 106 valence electrons. The summed E-state index contributed by atoms with van der Waals surface area (Å²) in [7, 11) is -3.89. The summed E-state index contributed by atoms with van der Waals surface area (Å²) in [5.74, 6) is 0.427. The molecule has 4 nitrogen and oxygen atoms in total. The number of rotatable bonds is 2. The number of hydrogen-bond acceptors (Lipinski definition) is 4. The van der Waals surface area contributed by atoms with Crippen LogP contribution in [0.3, 0.4) is 0 Å². The van der Waals surface area contributed by atoms with Crippen molar-refractivity contribution in [2.75, 3.05) is 30.3 Å². The van der Waals surface area contributed by atoms with Gasteiger partial charge < -0.3 is 5.73 Å². The first kappa shape index (κ1) is 15.4. The zero-order valence-electron chi connectivity index (χ0n) is 9.70. The van der Waals surface area contributed by atoms with Crippen molar-refractivity contribution in [3.63, 3.8) is 0 Å². The summed E-state index contributed by atoms with van der Waals surface area (Å²) in [4.78, 5) is -0.467. The van der Waals surface area contributed by atoms with Crippen molar-refractivity contribution in [1.29, 1.82) is 0 Å². The Hall–Kier alpha value is -0.0200. The molecule has 1 heterocycles. The number of sulfonamides is 1. The number of hydrogen-bond donors (Lipinski definition) is 1. The monoisotopic (exact) mass is 388 g/mol. The first-order valence-corrected chi connectivity index (χ1v) is 9.13. The highest BCUT2D eigenvalue weighted by Gasteiger charge is 2.31. The maximum Gasteiger partial charge on any atom is 0.246 e. The molecule has 19 heavy (non-hydrogen) atoms. The zero-order chi connectivity index (χ0) is 14.2. The number of thioether (sulfide) groups is 1. The topological polar surface area (TPSA) is 63.4 Å². The average Bonchev–Trinajstić information content (AvgIpc) is 2.41. The van der Waals surface area contributed by atoms with Gasteiger partial charge in [0.05, 0.1) is 15.2 Å². The number of benzene rings is 1. The quantitative estimate of drug-likeness (QED) is 0.624. The van der Waals surface area contributed by atoms with Crippen molar-refractivity contribution in [2.45, 2.75) is 4.90 Å². The molecule has 0 amide bonds. The van der Waals surface area contributed by atoms with Crippen LogP contribution < -0.4 is 5.73 Å². The highest BCUT2D eigenvalue weighted by atomic mass is 79.9. The van der Waals surface area contributed by atoms with Crippen LogP contribution in [0.2, 0.25) is 5.02 Å². The molecule has 1 aliphatic rings. The van der Waals surface area contributed by atoms with Crippen LogP contribution >= 0.6 is 39.3 Å². The van der Waals surface area contributed by atoms with Gasteiger partial charge in [-0.3, -0.25) is 0 Å². The van der Waals surface area contributed by atoms with E-state index in [0.29, 0.717) is 24.6 Å². The molecule has 0 atom stereocenters. The number of halogens is 3. The zero-order valence-corrected chi connectivity index (χ0v) is 13.7. The lowest BCUT2D eigenvalue weighted by Gasteiger charge is -2.26. The average molecular weight is 390 g/mol. The highest BCUT2D eigenvalue weighted by Crippen LogP contribution is 2.36. The second-order valence-electron chi connectivity index (χ2n) is 3.91. The van der Waals surface area contributed by atoms with Gasteiger partial charge >= 0.3 is 0 Å². The third-order valence-electron chi connectivity index (χ3n) is 2.74. The van der Waals surface area contributed by atoms with Crippen LogP contribution in [0.5, 0.6) is 0 Å². The van der Waals surface area contributed by atoms with Gasteiger partial charge in [-0.15, -0.1) is 0 Å². The molecule has 1 aromatic rings. The molecule has 2 N–H and O–H groups in total. The van der Waals surface area contributed by atoms with Crippen molar-refractivity contribution >= 4 is 55.0 Å². The fourth-order valence-corrected chi connectivity index (χ4v) is 4.96. The fourth-order valence-electron chi connectivity index (χ4n) is 1.71. The Morgan fingerprint density at radius 2 is 2.00 bits per heavy atom. The molecule has 0 spiro atoms. The summed E-state index contributed by atoms with van der Waals surface area (Å²) >= 11 is 10.5. The molecule has 2 rings (SSSR count). The van der Waals surface area contributed by atoms with E-state index in [0.717, 1.165) is 6.07 Å². The summed E-state index contributed by atoms with van der Waals surface area (Å²) in [6.07, 6.45) is 0. The minimum atomic E-state index is -3.89. The summed E-state index contributed by atoms with van der Waals surface area (Å²) < 4.78 is 40.2. The van der Waals surface area contributed by atoms with Crippen molar-refractivity contribution in [2.24, 2.45) is 0 Å². The standard InChI is InChI=1S/C10H11BrClFN2O2S2/c11-8-6(12)5-7(9(13)10(8)14)19(16,17)15-1-3-18-4-2-15/h5H,1-4,14H2. The molecule has 1 aromatic carbocycles. The second-order valence-corrected chi connectivity index (χ2v) is 8.25. The minimum absolute atomic E-state index is 0.0730. The Morgan fingerprint density at radius 1 is 1.42 bits per heavy atom. The van der Waals surface area contributed by atoms with E-state index in [9.17, 15) is 12.8 Å². The normalized spacial score (nSPS) is 17.6. The van der Waals surface area contributed by atoms with Gasteiger partial charge in [0.15, 0.2) is 5.82 Å². The Kier molecular flexibility index (Phi) is 4.67. The lowest BCUT2D eigenvalue weighted by atomic mass is 10.3. The lowest BCUT2D eigenvalue weighted by molar-refractivity contribution is 0.438. The van der Waals surface area contributed by atoms with E-state index in [-0.39, 0.29) is 15.2 Å². The van der Waals surface area contributed by atoms with E-state index in [1.807, 2.05) is 0 Å². The summed E-state index contributed by atoms with van der Waals surface area (Å²) in [5, 5.41) is 0.0730. The molecule has 1 saturated heterocycles. The molecule has 0 aromatic heterocycles. The molecule has 1 aliphatic heterocycles. The van der Waals surface area contributed by atoms with Gasteiger partial charge in [-0.05, 0) is 22.0 Å². The summed E-state index contributed by atoms with van der Waals surface area (Å²) in [5.41, 5.74) is 5.22. The highest BCUT2D eigenvalue weighted by molar-refractivity contribution is 9.10. The van der Waals surface area contributed by atoms with Crippen molar-refractivity contribution in [1.82, 2.24) is 4.31 Å². The third kappa shape index (κ3) is 2.87. The predicted molar refractivity (Wildman–Crippen MR) is 79.6 cm³/mol. The molecule has 0 aliphatic carbocycles. The molecular weight excluding hydrogens is 379 g/mol. The van der Waals surface area contributed by atoms with Crippen molar-refractivity contribution in [3.8, 4) is 0 Å². The molecule has 0 saturated carbocycles. The number of anilines is 1. The van der Waals surface area contributed by atoms with Crippen LogP contribution in [0.25, 0.3) is 0 Å². The molecular formula is C10H11BrClFN2O2S2. The molecule has 1 fully saturated rings. The largest absolute Gasteiger partial charge is 0.395 e. The van der Waals surface area contributed by atoms with Crippen LogP contribution in [-0.2, 0) is 10.0 Å². The van der Waals surface area contributed by atoms with E-state index in [2.05, 4.69) is 15.9 Å². The van der Waals surface area contributed by atoms with Crippen LogP contribution in [0.15, 0.2) is 15.4 Å². The van der Waals surface area contributed by atoms with Crippen LogP contribution in [0, 0.1) is 5.82 Å². The van der Waals surface area contributed by atoms with Gasteiger partial charge in [-0.1, -0.05) is 11.6 Å². The fraction of sp³-hybridized carbons (Fsp3) is 0.400. The molecule has 0 radical (unpaired) electrons. The minimum Gasteiger partial charge on any atom is -0.395 e. The van der Waals surface area contributed by atoms with Crippen molar-refractivity contribution in [3.05, 3.63) is 21.4 Å². The van der Waals surface area contributed by atoms with E-state index in [1.54, 1.807) is 11.8 Å². The SMILES string of the molecule is Nc1c(F)c(S(=O)(=O)N2CCSCC2)cc(Cl)c1Br. The van der Waals surface area contributed by atoms with Gasteiger partial charge in [0, 0.05) is 24.6 Å². The van der Waals surface area contributed by atoms with Gasteiger partial charge in [0.1, 0.15) is 4.90 Å². The van der Waals surface area contributed by atoms with Gasteiger partial charge in [0.25, 0.3) is 0 Å². The predicted octanol–water partition coefficient (Wildman–Crippen LogP) is 2.56. The summed E-state index contributed by atoms with van der Waals surface area (Å²) in [6.45, 7) is 0.722. The van der Waals surface area contributed by atoms with Gasteiger partial charge in [-0.2, -0.15) is 16.1 Å². The van der Waals surface area contributed by atoms with Crippen molar-refractivity contribution < 1.29 is 12.8 Å². The number of nitrogen functional groups attached to an aromatic ring is 1. The van der Waals surface area contributed by atoms with E-state index >= 15 is 0 Å². The third-order valence-corrected chi connectivity index (χ3v) is 6.97. The lowest BCUT2D eigenvalue weighted by Crippen LogP contribution is -2.38. The first-order chi connectivity index (χ1) is 8.85. The smallest absolute Gasteiger partial charge is 0.246 e. The van der Waals surface area contributed by atoms with E-state index < -0.39 is 20.7 Å². The Morgan fingerprint density at radius 3 is 2.58 bits per heavy atom. The Labute approximate surface area is 128 Å². The van der Waals surface area contributed by atoms with Gasteiger partial charge in [0.2, 0.25) is 10.0 Å². The Bertz CT molecular complexity index is 606. The van der Waals surface area contributed by atoms with E-state index in [1.165, 1.54) is 4.31 Å². The molecule has 9 heteroatoms. The first-order valence-electron chi connectivity index (χ1n) is 5.36. The second kappa shape index (κ2) is 5.77. The van der Waals surface area contributed by atoms with Crippen LogP contribution in [0.4, 0.5) is 10.1 Å². The Balaban J connectivity index is 2.51. The maximum absolute atomic E-state index is 14.1. The van der Waals surface area contributed by atoms with Crippen LogP contribution in [-0.4, -0.2) is 37.3 Å². The number of nitrogens with two attached hydrogens (primary N) is 1. The van der Waals surface area contributed by atoms with Crippen LogP contribution in [0.1, 0.15) is 0 Å². The maximum atomic E-state index is 14.1. The number of nitrogens with zero attached hydrogens (tertiary/aromatic N) is 1. The molecule has 0 unspecified atom stereocenters. The van der Waals surface area contributed by atoms with E-state index in [4.69, 9.17) is 17.3 Å². The summed E-state index contributed by atoms with van der Waals surface area (Å²) in [6, 6.07) is 1.09.